The van der Waals surface area contributed by atoms with Crippen LogP contribution in [0.25, 0.3) is 0 Å². The Morgan fingerprint density at radius 3 is 2.65 bits per heavy atom. The summed E-state index contributed by atoms with van der Waals surface area (Å²) in [5, 5.41) is 6.09. The molecule has 4 rings (SSSR count). The summed E-state index contributed by atoms with van der Waals surface area (Å²) in [5.41, 5.74) is 2.91. The summed E-state index contributed by atoms with van der Waals surface area (Å²) in [6, 6.07) is 12.8. The molecule has 0 radical (unpaired) electrons. The lowest BCUT2D eigenvalue weighted by atomic mass is 10.2. The van der Waals surface area contributed by atoms with E-state index in [4.69, 9.17) is 9.47 Å². The van der Waals surface area contributed by atoms with E-state index in [1.807, 2.05) is 30.3 Å². The Morgan fingerprint density at radius 1 is 0.962 bits per heavy atom. The molecule has 1 aromatic carbocycles. The van der Waals surface area contributed by atoms with E-state index in [9.17, 15) is 4.79 Å². The normalized spacial score (nSPS) is 11.8. The maximum absolute atomic E-state index is 12.3. The first-order valence-electron chi connectivity index (χ1n) is 8.08. The third kappa shape index (κ3) is 3.56. The number of ether oxygens (including phenoxy) is 2. The Labute approximate surface area is 150 Å². The zero-order valence-corrected chi connectivity index (χ0v) is 13.8. The van der Waals surface area contributed by atoms with Crippen molar-refractivity contribution in [1.82, 2.24) is 15.3 Å². The van der Waals surface area contributed by atoms with Gasteiger partial charge in [-0.3, -0.25) is 14.8 Å². The molecule has 3 heterocycles. The van der Waals surface area contributed by atoms with Crippen molar-refractivity contribution in [1.29, 1.82) is 0 Å². The van der Waals surface area contributed by atoms with Gasteiger partial charge in [-0.25, -0.2) is 0 Å². The highest BCUT2D eigenvalue weighted by atomic mass is 16.7. The molecular formula is C19H16N4O3. The first kappa shape index (κ1) is 15.9. The van der Waals surface area contributed by atoms with E-state index in [1.165, 1.54) is 0 Å². The largest absolute Gasteiger partial charge is 0.454 e. The van der Waals surface area contributed by atoms with E-state index in [0.717, 1.165) is 22.7 Å². The van der Waals surface area contributed by atoms with Gasteiger partial charge in [0.25, 0.3) is 5.91 Å². The lowest BCUT2D eigenvalue weighted by molar-refractivity contribution is 0.0946. The maximum Gasteiger partial charge on any atom is 0.270 e. The summed E-state index contributed by atoms with van der Waals surface area (Å²) in [6.07, 6.45) is 4.97. The Kier molecular flexibility index (Phi) is 4.34. The van der Waals surface area contributed by atoms with Crippen LogP contribution in [0.15, 0.2) is 61.1 Å². The fourth-order valence-corrected chi connectivity index (χ4v) is 2.55. The van der Waals surface area contributed by atoms with Crippen LogP contribution in [0, 0.1) is 0 Å². The number of hydrogen-bond donors (Lipinski definition) is 2. The second-order valence-electron chi connectivity index (χ2n) is 5.66. The van der Waals surface area contributed by atoms with Crippen LogP contribution >= 0.6 is 0 Å². The molecule has 1 aliphatic rings. The predicted molar refractivity (Wildman–Crippen MR) is 95.5 cm³/mol. The van der Waals surface area contributed by atoms with Gasteiger partial charge in [-0.2, -0.15) is 0 Å². The zero-order valence-electron chi connectivity index (χ0n) is 13.8. The number of rotatable bonds is 5. The third-order valence-electron chi connectivity index (χ3n) is 3.86. The number of aromatic nitrogens is 2. The second kappa shape index (κ2) is 7.10. The van der Waals surface area contributed by atoms with Gasteiger partial charge in [0.1, 0.15) is 5.69 Å². The predicted octanol–water partition coefficient (Wildman–Crippen LogP) is 2.88. The first-order valence-corrected chi connectivity index (χ1v) is 8.08. The Bertz CT molecular complexity index is 931. The topological polar surface area (TPSA) is 85.4 Å². The highest BCUT2D eigenvalue weighted by molar-refractivity contribution is 5.93. The molecule has 1 amide bonds. The van der Waals surface area contributed by atoms with E-state index in [0.29, 0.717) is 18.0 Å². The van der Waals surface area contributed by atoms with Crippen molar-refractivity contribution in [3.05, 3.63) is 72.3 Å². The lowest BCUT2D eigenvalue weighted by Crippen LogP contribution is -2.23. The van der Waals surface area contributed by atoms with Gasteiger partial charge in [-0.1, -0.05) is 0 Å². The molecule has 2 aromatic heterocycles. The van der Waals surface area contributed by atoms with E-state index < -0.39 is 0 Å². The third-order valence-corrected chi connectivity index (χ3v) is 3.86. The van der Waals surface area contributed by atoms with E-state index in [1.54, 1.807) is 30.7 Å². The second-order valence-corrected chi connectivity index (χ2v) is 5.66. The highest BCUT2D eigenvalue weighted by Gasteiger charge is 2.13. The molecule has 0 fully saturated rings. The number of carbonyl (C=O) groups excluding carboxylic acids is 1. The number of amides is 1. The van der Waals surface area contributed by atoms with Crippen LogP contribution in [-0.2, 0) is 6.54 Å². The van der Waals surface area contributed by atoms with E-state index in [2.05, 4.69) is 20.6 Å². The first-order chi connectivity index (χ1) is 12.8. The van der Waals surface area contributed by atoms with Gasteiger partial charge in [0.15, 0.2) is 11.5 Å². The molecule has 7 heteroatoms. The molecule has 0 bridgehead atoms. The van der Waals surface area contributed by atoms with E-state index >= 15 is 0 Å². The summed E-state index contributed by atoms with van der Waals surface area (Å²) in [5.74, 6) is 1.18. The standard InChI is InChI=1S/C19H16N4O3/c24-19(22-11-13-3-6-20-7-4-13)16-9-15(5-8-21-16)23-14-1-2-17-18(10-14)26-12-25-17/h1-10H,11-12H2,(H,21,23)(H,22,24). The minimum atomic E-state index is -0.240. The van der Waals surface area contributed by atoms with Crippen LogP contribution < -0.4 is 20.1 Å². The van der Waals surface area contributed by atoms with Gasteiger partial charge < -0.3 is 20.1 Å². The van der Waals surface area contributed by atoms with Gasteiger partial charge in [0.2, 0.25) is 6.79 Å². The molecular weight excluding hydrogens is 332 g/mol. The maximum atomic E-state index is 12.3. The molecule has 0 unspecified atom stereocenters. The van der Waals surface area contributed by atoms with Crippen molar-refractivity contribution < 1.29 is 14.3 Å². The number of pyridine rings is 2. The lowest BCUT2D eigenvalue weighted by Gasteiger charge is -2.09. The minimum absolute atomic E-state index is 0.232. The number of anilines is 2. The Hall–Kier alpha value is -3.61. The molecule has 0 spiro atoms. The van der Waals surface area contributed by atoms with Gasteiger partial charge >= 0.3 is 0 Å². The summed E-state index contributed by atoms with van der Waals surface area (Å²) in [6.45, 7) is 0.651. The van der Waals surface area contributed by atoms with Gasteiger partial charge in [0.05, 0.1) is 0 Å². The molecule has 0 saturated heterocycles. The number of hydrogen-bond acceptors (Lipinski definition) is 6. The molecule has 0 saturated carbocycles. The Balaban J connectivity index is 1.43. The molecule has 7 nitrogen and oxygen atoms in total. The van der Waals surface area contributed by atoms with Crippen molar-refractivity contribution in [2.24, 2.45) is 0 Å². The summed E-state index contributed by atoms with van der Waals surface area (Å²) >= 11 is 0. The van der Waals surface area contributed by atoms with Gasteiger partial charge in [-0.15, -0.1) is 0 Å². The van der Waals surface area contributed by atoms with Crippen LogP contribution in [0.2, 0.25) is 0 Å². The van der Waals surface area contributed by atoms with Crippen LogP contribution in [0.5, 0.6) is 11.5 Å². The molecule has 130 valence electrons. The van der Waals surface area contributed by atoms with Crippen LogP contribution in [-0.4, -0.2) is 22.7 Å². The van der Waals surface area contributed by atoms with Gasteiger partial charge in [-0.05, 0) is 42.0 Å². The number of nitrogens with zero attached hydrogens (tertiary/aromatic N) is 2. The smallest absolute Gasteiger partial charge is 0.270 e. The summed E-state index contributed by atoms with van der Waals surface area (Å²) in [4.78, 5) is 20.4. The summed E-state index contributed by atoms with van der Waals surface area (Å²) < 4.78 is 10.7. The number of nitrogens with one attached hydrogen (secondary N) is 2. The summed E-state index contributed by atoms with van der Waals surface area (Å²) in [7, 11) is 0. The molecule has 0 atom stereocenters. The van der Waals surface area contributed by atoms with Crippen LogP contribution in [0.3, 0.4) is 0 Å². The Morgan fingerprint density at radius 2 is 1.77 bits per heavy atom. The van der Waals surface area contributed by atoms with Crippen molar-refractivity contribution in [3.63, 3.8) is 0 Å². The van der Waals surface area contributed by atoms with E-state index in [-0.39, 0.29) is 12.7 Å². The molecule has 3 aromatic rings. The highest BCUT2D eigenvalue weighted by Crippen LogP contribution is 2.35. The van der Waals surface area contributed by atoms with Crippen molar-refractivity contribution in [2.45, 2.75) is 6.54 Å². The van der Waals surface area contributed by atoms with Crippen LogP contribution in [0.1, 0.15) is 16.1 Å². The molecule has 1 aliphatic heterocycles. The zero-order chi connectivity index (χ0) is 17.8. The van der Waals surface area contributed by atoms with Crippen molar-refractivity contribution >= 4 is 17.3 Å². The number of benzene rings is 1. The number of carbonyl (C=O) groups is 1. The van der Waals surface area contributed by atoms with Crippen molar-refractivity contribution in [3.8, 4) is 11.5 Å². The SMILES string of the molecule is O=C(NCc1ccncc1)c1cc(Nc2ccc3c(c2)OCO3)ccn1. The monoisotopic (exact) mass is 348 g/mol. The molecule has 0 aliphatic carbocycles. The average Bonchev–Trinajstić information content (AvgIpc) is 3.15. The number of fused-ring (bicyclic) bond motifs is 1. The quantitative estimate of drug-likeness (QED) is 0.737. The van der Waals surface area contributed by atoms with Gasteiger partial charge in [0, 0.05) is 42.6 Å². The van der Waals surface area contributed by atoms with Crippen molar-refractivity contribution in [2.75, 3.05) is 12.1 Å². The molecule has 2 N–H and O–H groups in total. The fraction of sp³-hybridized carbons (Fsp3) is 0.105. The molecule has 26 heavy (non-hydrogen) atoms. The minimum Gasteiger partial charge on any atom is -0.454 e. The average molecular weight is 348 g/mol. The van der Waals surface area contributed by atoms with Crippen LogP contribution in [0.4, 0.5) is 11.4 Å². The fourth-order valence-electron chi connectivity index (χ4n) is 2.55.